The summed E-state index contributed by atoms with van der Waals surface area (Å²) < 4.78 is 43.0. The minimum absolute atomic E-state index is 0.0252. The Morgan fingerprint density at radius 3 is 2.63 bits per heavy atom. The van der Waals surface area contributed by atoms with Crippen molar-refractivity contribution in [2.45, 2.75) is 30.7 Å². The maximum atomic E-state index is 13.3. The minimum atomic E-state index is -3.94. The van der Waals surface area contributed by atoms with Crippen molar-refractivity contribution in [1.29, 1.82) is 0 Å². The number of halogens is 1. The number of anilines is 1. The van der Waals surface area contributed by atoms with Gasteiger partial charge in [-0.3, -0.25) is 18.9 Å². The van der Waals surface area contributed by atoms with Crippen LogP contribution in [0.25, 0.3) is 10.2 Å². The molecular weight excluding hydrogens is 429 g/mol. The third kappa shape index (κ3) is 4.24. The fraction of sp³-hybridized carbons (Fsp3) is 0.300. The smallest absolute Gasteiger partial charge is 0.308 e. The minimum Gasteiger partial charge on any atom is -0.343 e. The van der Waals surface area contributed by atoms with Crippen molar-refractivity contribution in [2.24, 2.45) is 0 Å². The van der Waals surface area contributed by atoms with E-state index in [1.165, 1.54) is 34.9 Å². The van der Waals surface area contributed by atoms with Crippen LogP contribution in [0, 0.1) is 5.82 Å². The van der Waals surface area contributed by atoms with E-state index in [-0.39, 0.29) is 34.3 Å². The SMILES string of the molecule is O=C(CCn1c(=O)sc2cc(S(=O)(=O)Nc3cccc(F)c3)ccc21)N1CCCC1. The number of fused-ring (bicyclic) bond motifs is 1. The Balaban J connectivity index is 1.56. The second kappa shape index (κ2) is 8.19. The molecule has 7 nitrogen and oxygen atoms in total. The highest BCUT2D eigenvalue weighted by Gasteiger charge is 2.20. The number of nitrogens with one attached hydrogen (secondary N) is 1. The van der Waals surface area contributed by atoms with Crippen LogP contribution in [0.15, 0.2) is 52.2 Å². The Morgan fingerprint density at radius 2 is 1.90 bits per heavy atom. The highest BCUT2D eigenvalue weighted by atomic mass is 32.2. The summed E-state index contributed by atoms with van der Waals surface area (Å²) in [6.07, 6.45) is 2.24. The fourth-order valence-corrected chi connectivity index (χ4v) is 5.63. The molecule has 0 unspecified atom stereocenters. The predicted octanol–water partition coefficient (Wildman–Crippen LogP) is 3.02. The molecule has 4 rings (SSSR count). The first-order chi connectivity index (χ1) is 14.3. The Hall–Kier alpha value is -2.72. The van der Waals surface area contributed by atoms with Crippen LogP contribution in [0.1, 0.15) is 19.3 Å². The first-order valence-electron chi connectivity index (χ1n) is 9.53. The Bertz CT molecular complexity index is 1260. The van der Waals surface area contributed by atoms with Gasteiger partial charge in [0.1, 0.15) is 5.82 Å². The largest absolute Gasteiger partial charge is 0.343 e. The van der Waals surface area contributed by atoms with Crippen molar-refractivity contribution in [3.63, 3.8) is 0 Å². The average molecular weight is 450 g/mol. The molecule has 0 radical (unpaired) electrons. The van der Waals surface area contributed by atoms with Gasteiger partial charge in [0.05, 0.1) is 20.8 Å². The average Bonchev–Trinajstić information content (AvgIpc) is 3.33. The van der Waals surface area contributed by atoms with Crippen LogP contribution in [0.5, 0.6) is 0 Å². The first-order valence-corrected chi connectivity index (χ1v) is 11.8. The molecule has 0 bridgehead atoms. The molecule has 1 amide bonds. The van der Waals surface area contributed by atoms with Crippen molar-refractivity contribution in [1.82, 2.24) is 9.47 Å². The van der Waals surface area contributed by atoms with E-state index in [2.05, 4.69) is 4.72 Å². The van der Waals surface area contributed by atoms with Gasteiger partial charge in [0.25, 0.3) is 10.0 Å². The summed E-state index contributed by atoms with van der Waals surface area (Å²) in [4.78, 5) is 26.2. The highest BCUT2D eigenvalue weighted by molar-refractivity contribution is 7.92. The second-order valence-electron chi connectivity index (χ2n) is 7.10. The molecule has 158 valence electrons. The van der Waals surface area contributed by atoms with E-state index in [0.29, 0.717) is 10.2 Å². The molecule has 1 fully saturated rings. The number of sulfonamides is 1. The fourth-order valence-electron chi connectivity index (χ4n) is 3.52. The Labute approximate surface area is 176 Å². The van der Waals surface area contributed by atoms with Crippen LogP contribution in [0.2, 0.25) is 0 Å². The van der Waals surface area contributed by atoms with Crippen molar-refractivity contribution < 1.29 is 17.6 Å². The molecule has 0 spiro atoms. The molecule has 3 aromatic rings. The monoisotopic (exact) mass is 449 g/mol. The Kier molecular flexibility index (Phi) is 5.61. The highest BCUT2D eigenvalue weighted by Crippen LogP contribution is 2.24. The molecule has 0 atom stereocenters. The number of hydrogen-bond donors (Lipinski definition) is 1. The number of likely N-dealkylation sites (tertiary alicyclic amines) is 1. The normalized spacial score (nSPS) is 14.4. The number of hydrogen-bond acceptors (Lipinski definition) is 5. The van der Waals surface area contributed by atoms with Crippen molar-refractivity contribution in [3.05, 3.63) is 57.9 Å². The van der Waals surface area contributed by atoms with Gasteiger partial charge in [0, 0.05) is 26.1 Å². The zero-order valence-corrected chi connectivity index (χ0v) is 17.6. The number of rotatable bonds is 6. The van der Waals surface area contributed by atoms with Crippen molar-refractivity contribution in [2.75, 3.05) is 17.8 Å². The summed E-state index contributed by atoms with van der Waals surface area (Å²) in [6.45, 7) is 1.77. The van der Waals surface area contributed by atoms with E-state index in [0.717, 1.165) is 43.3 Å². The number of thiazole rings is 1. The van der Waals surface area contributed by atoms with Crippen LogP contribution in [0.3, 0.4) is 0 Å². The summed E-state index contributed by atoms with van der Waals surface area (Å²) in [5.41, 5.74) is 0.699. The lowest BCUT2D eigenvalue weighted by atomic mass is 10.3. The molecule has 1 saturated heterocycles. The molecular formula is C20H20FN3O4S2. The number of carbonyl (C=O) groups excluding carboxylic acids is 1. The van der Waals surface area contributed by atoms with Gasteiger partial charge in [-0.25, -0.2) is 12.8 Å². The van der Waals surface area contributed by atoms with Crippen LogP contribution in [-0.2, 0) is 21.4 Å². The number of amides is 1. The molecule has 0 aliphatic carbocycles. The lowest BCUT2D eigenvalue weighted by molar-refractivity contribution is -0.130. The van der Waals surface area contributed by atoms with Crippen molar-refractivity contribution >= 4 is 43.2 Å². The van der Waals surface area contributed by atoms with E-state index in [4.69, 9.17) is 0 Å². The van der Waals surface area contributed by atoms with Crippen molar-refractivity contribution in [3.8, 4) is 0 Å². The van der Waals surface area contributed by atoms with Gasteiger partial charge >= 0.3 is 4.87 Å². The van der Waals surface area contributed by atoms with Gasteiger partial charge in [0.2, 0.25) is 5.91 Å². The van der Waals surface area contributed by atoms with Gasteiger partial charge in [0.15, 0.2) is 0 Å². The van der Waals surface area contributed by atoms with E-state index in [1.807, 2.05) is 4.90 Å². The lowest BCUT2D eigenvalue weighted by Crippen LogP contribution is -2.29. The number of carbonyl (C=O) groups is 1. The first kappa shape index (κ1) is 20.5. The third-order valence-electron chi connectivity index (χ3n) is 5.03. The molecule has 1 N–H and O–H groups in total. The number of nitrogens with zero attached hydrogens (tertiary/aromatic N) is 2. The molecule has 1 aliphatic heterocycles. The summed E-state index contributed by atoms with van der Waals surface area (Å²) in [6, 6.07) is 9.54. The molecule has 2 heterocycles. The van der Waals surface area contributed by atoms with Gasteiger partial charge in [-0.15, -0.1) is 0 Å². The van der Waals surface area contributed by atoms with E-state index >= 15 is 0 Å². The molecule has 30 heavy (non-hydrogen) atoms. The van der Waals surface area contributed by atoms with Gasteiger partial charge in [-0.05, 0) is 49.2 Å². The molecule has 0 saturated carbocycles. The molecule has 1 aromatic heterocycles. The second-order valence-corrected chi connectivity index (χ2v) is 9.78. The molecule has 1 aliphatic rings. The third-order valence-corrected chi connectivity index (χ3v) is 7.36. The van der Waals surface area contributed by atoms with Crippen LogP contribution >= 0.6 is 11.3 Å². The van der Waals surface area contributed by atoms with Gasteiger partial charge in [-0.2, -0.15) is 0 Å². The zero-order chi connectivity index (χ0) is 21.3. The quantitative estimate of drug-likeness (QED) is 0.627. The predicted molar refractivity (Wildman–Crippen MR) is 114 cm³/mol. The Morgan fingerprint density at radius 1 is 1.13 bits per heavy atom. The topological polar surface area (TPSA) is 88.5 Å². The van der Waals surface area contributed by atoms with E-state index in [1.54, 1.807) is 6.07 Å². The lowest BCUT2D eigenvalue weighted by Gasteiger charge is -2.15. The van der Waals surface area contributed by atoms with Gasteiger partial charge in [-0.1, -0.05) is 17.4 Å². The maximum Gasteiger partial charge on any atom is 0.308 e. The summed E-state index contributed by atoms with van der Waals surface area (Å²) in [5, 5.41) is 0. The van der Waals surface area contributed by atoms with Crippen LogP contribution in [0.4, 0.5) is 10.1 Å². The summed E-state index contributed by atoms with van der Waals surface area (Å²) >= 11 is 0.932. The maximum absolute atomic E-state index is 13.3. The molecule has 10 heteroatoms. The van der Waals surface area contributed by atoms with E-state index in [9.17, 15) is 22.4 Å². The summed E-state index contributed by atoms with van der Waals surface area (Å²) in [5.74, 6) is -0.526. The number of aryl methyl sites for hydroxylation is 1. The van der Waals surface area contributed by atoms with Gasteiger partial charge < -0.3 is 4.90 Å². The zero-order valence-electron chi connectivity index (χ0n) is 16.0. The number of aromatic nitrogens is 1. The van der Waals surface area contributed by atoms with Crippen LogP contribution in [-0.4, -0.2) is 36.9 Å². The summed E-state index contributed by atoms with van der Waals surface area (Å²) in [7, 11) is -3.94. The number of benzene rings is 2. The van der Waals surface area contributed by atoms with Crippen LogP contribution < -0.4 is 9.60 Å². The molecule has 2 aromatic carbocycles. The standard InChI is InChI=1S/C20H20FN3O4S2/c21-14-4-3-5-15(12-14)22-30(27,28)16-6-7-17-18(13-16)29-20(26)24(17)11-8-19(25)23-9-1-2-10-23/h3-7,12-13,22H,1-2,8-11H2. The van der Waals surface area contributed by atoms with E-state index < -0.39 is 15.8 Å².